The molecule has 0 radical (unpaired) electrons. The largest absolute Gasteiger partial charge is 0.325 e. The number of benzene rings is 1. The number of hydrogen-bond donors (Lipinski definition) is 0. The topological polar surface area (TPSA) is 39.9 Å². The molecule has 3 heteroatoms. The zero-order chi connectivity index (χ0) is 13.0. The van der Waals surface area contributed by atoms with Crippen LogP contribution in [0.4, 0.5) is 11.5 Å². The average molecular weight is 237 g/mol. The van der Waals surface area contributed by atoms with Crippen molar-refractivity contribution in [2.24, 2.45) is 0 Å². The molecule has 1 aromatic carbocycles. The standard InChI is InChI=1S/C15H15N3/c1-3-18(14-9-5-4-7-12(14)2)15-13(11-16)8-6-10-17-15/h4-10H,3H2,1-2H3. The third-order valence-electron chi connectivity index (χ3n) is 2.89. The number of rotatable bonds is 3. The molecule has 2 rings (SSSR count). The third kappa shape index (κ3) is 2.18. The summed E-state index contributed by atoms with van der Waals surface area (Å²) in [5.74, 6) is 0.719. The predicted octanol–water partition coefficient (Wildman–Crippen LogP) is 3.42. The lowest BCUT2D eigenvalue weighted by atomic mass is 10.1. The first-order valence-electron chi connectivity index (χ1n) is 5.96. The van der Waals surface area contributed by atoms with Crippen LogP contribution >= 0.6 is 0 Å². The minimum Gasteiger partial charge on any atom is -0.325 e. The van der Waals surface area contributed by atoms with Gasteiger partial charge in [-0.05, 0) is 37.6 Å². The number of aryl methyl sites for hydroxylation is 1. The SMILES string of the molecule is CCN(c1ccccc1C)c1ncccc1C#N. The maximum atomic E-state index is 9.16. The van der Waals surface area contributed by atoms with Gasteiger partial charge in [-0.25, -0.2) is 4.98 Å². The number of aromatic nitrogens is 1. The molecule has 0 aliphatic carbocycles. The molecule has 0 amide bonds. The summed E-state index contributed by atoms with van der Waals surface area (Å²) < 4.78 is 0. The maximum Gasteiger partial charge on any atom is 0.150 e. The van der Waals surface area contributed by atoms with Crippen LogP contribution in [0, 0.1) is 18.3 Å². The van der Waals surface area contributed by atoms with E-state index in [0.29, 0.717) is 5.56 Å². The molecule has 90 valence electrons. The van der Waals surface area contributed by atoms with Gasteiger partial charge in [-0.15, -0.1) is 0 Å². The van der Waals surface area contributed by atoms with Crippen LogP contribution in [0.25, 0.3) is 0 Å². The number of para-hydroxylation sites is 1. The van der Waals surface area contributed by atoms with Crippen LogP contribution in [0.3, 0.4) is 0 Å². The molecule has 0 bridgehead atoms. The first-order chi connectivity index (χ1) is 8.77. The predicted molar refractivity (Wildman–Crippen MR) is 72.8 cm³/mol. The molecule has 0 unspecified atom stereocenters. The van der Waals surface area contributed by atoms with Gasteiger partial charge in [0.1, 0.15) is 6.07 Å². The van der Waals surface area contributed by atoms with Gasteiger partial charge in [-0.2, -0.15) is 5.26 Å². The van der Waals surface area contributed by atoms with Crippen molar-refractivity contribution in [2.75, 3.05) is 11.4 Å². The van der Waals surface area contributed by atoms with E-state index >= 15 is 0 Å². The summed E-state index contributed by atoms with van der Waals surface area (Å²) in [4.78, 5) is 6.40. The van der Waals surface area contributed by atoms with Crippen LogP contribution in [0.1, 0.15) is 18.1 Å². The Bertz CT molecular complexity index is 584. The number of hydrogen-bond acceptors (Lipinski definition) is 3. The van der Waals surface area contributed by atoms with Gasteiger partial charge >= 0.3 is 0 Å². The molecule has 0 N–H and O–H groups in total. The highest BCUT2D eigenvalue weighted by Gasteiger charge is 2.14. The summed E-state index contributed by atoms with van der Waals surface area (Å²) in [5.41, 5.74) is 2.87. The van der Waals surface area contributed by atoms with E-state index in [2.05, 4.69) is 41.9 Å². The molecule has 0 aliphatic heterocycles. The van der Waals surface area contributed by atoms with Gasteiger partial charge in [0.15, 0.2) is 5.82 Å². The van der Waals surface area contributed by atoms with Gasteiger partial charge in [-0.3, -0.25) is 0 Å². The molecule has 0 spiro atoms. The van der Waals surface area contributed by atoms with Crippen LogP contribution in [0.15, 0.2) is 42.6 Å². The van der Waals surface area contributed by atoms with Crippen molar-refractivity contribution < 1.29 is 0 Å². The molecule has 0 atom stereocenters. The Hall–Kier alpha value is -2.34. The summed E-state index contributed by atoms with van der Waals surface area (Å²) in [7, 11) is 0. The fourth-order valence-electron chi connectivity index (χ4n) is 2.00. The van der Waals surface area contributed by atoms with Gasteiger partial charge in [-0.1, -0.05) is 18.2 Å². The summed E-state index contributed by atoms with van der Waals surface area (Å²) >= 11 is 0. The highest BCUT2D eigenvalue weighted by atomic mass is 15.2. The minimum absolute atomic E-state index is 0.600. The highest BCUT2D eigenvalue weighted by Crippen LogP contribution is 2.28. The van der Waals surface area contributed by atoms with E-state index in [9.17, 15) is 0 Å². The van der Waals surface area contributed by atoms with Crippen LogP contribution in [0.2, 0.25) is 0 Å². The molecular formula is C15H15N3. The second-order valence-corrected chi connectivity index (χ2v) is 4.02. The van der Waals surface area contributed by atoms with Crippen molar-refractivity contribution in [1.29, 1.82) is 5.26 Å². The second-order valence-electron chi connectivity index (χ2n) is 4.02. The van der Waals surface area contributed by atoms with E-state index in [4.69, 9.17) is 5.26 Å². The van der Waals surface area contributed by atoms with Crippen molar-refractivity contribution in [3.8, 4) is 6.07 Å². The van der Waals surface area contributed by atoms with E-state index in [0.717, 1.165) is 18.1 Å². The van der Waals surface area contributed by atoms with E-state index in [1.54, 1.807) is 18.3 Å². The van der Waals surface area contributed by atoms with Crippen molar-refractivity contribution >= 4 is 11.5 Å². The van der Waals surface area contributed by atoms with Crippen molar-refractivity contribution in [2.45, 2.75) is 13.8 Å². The molecule has 3 nitrogen and oxygen atoms in total. The van der Waals surface area contributed by atoms with Crippen LogP contribution in [-0.2, 0) is 0 Å². The molecule has 0 saturated carbocycles. The van der Waals surface area contributed by atoms with Crippen LogP contribution in [0.5, 0.6) is 0 Å². The molecular weight excluding hydrogens is 222 g/mol. The third-order valence-corrected chi connectivity index (χ3v) is 2.89. The molecule has 0 saturated heterocycles. The summed E-state index contributed by atoms with van der Waals surface area (Å²) in [5, 5.41) is 9.16. The first-order valence-corrected chi connectivity index (χ1v) is 5.96. The highest BCUT2D eigenvalue weighted by molar-refractivity contribution is 5.67. The molecule has 1 heterocycles. The van der Waals surface area contributed by atoms with Gasteiger partial charge in [0.05, 0.1) is 5.56 Å². The quantitative estimate of drug-likeness (QED) is 0.821. The van der Waals surface area contributed by atoms with E-state index in [1.165, 1.54) is 5.56 Å². The van der Waals surface area contributed by atoms with Gasteiger partial charge in [0, 0.05) is 18.4 Å². The Balaban J connectivity index is 2.53. The van der Waals surface area contributed by atoms with E-state index in [1.807, 2.05) is 12.1 Å². The zero-order valence-corrected chi connectivity index (χ0v) is 10.6. The number of nitriles is 1. The molecule has 0 aliphatic rings. The molecule has 18 heavy (non-hydrogen) atoms. The number of anilines is 2. The first kappa shape index (κ1) is 12.1. The van der Waals surface area contributed by atoms with Crippen molar-refractivity contribution in [1.82, 2.24) is 4.98 Å². The lowest BCUT2D eigenvalue weighted by molar-refractivity contribution is 0.979. The lowest BCUT2D eigenvalue weighted by Crippen LogP contribution is -2.19. The summed E-state index contributed by atoms with van der Waals surface area (Å²) in [6, 6.07) is 13.9. The number of nitrogens with zero attached hydrogens (tertiary/aromatic N) is 3. The Morgan fingerprint density at radius 2 is 2.00 bits per heavy atom. The molecule has 2 aromatic rings. The van der Waals surface area contributed by atoms with E-state index < -0.39 is 0 Å². The Morgan fingerprint density at radius 1 is 1.22 bits per heavy atom. The summed E-state index contributed by atoms with van der Waals surface area (Å²) in [6.45, 7) is 4.89. The maximum absolute atomic E-state index is 9.16. The van der Waals surface area contributed by atoms with Crippen molar-refractivity contribution in [3.63, 3.8) is 0 Å². The number of pyridine rings is 1. The second kappa shape index (κ2) is 5.33. The Morgan fingerprint density at radius 3 is 2.67 bits per heavy atom. The van der Waals surface area contributed by atoms with Gasteiger partial charge in [0.25, 0.3) is 0 Å². The van der Waals surface area contributed by atoms with Gasteiger partial charge in [0.2, 0.25) is 0 Å². The van der Waals surface area contributed by atoms with Crippen LogP contribution < -0.4 is 4.90 Å². The molecule has 1 aromatic heterocycles. The fraction of sp³-hybridized carbons (Fsp3) is 0.200. The monoisotopic (exact) mass is 237 g/mol. The Kier molecular flexibility index (Phi) is 3.59. The van der Waals surface area contributed by atoms with Crippen molar-refractivity contribution in [3.05, 3.63) is 53.7 Å². The average Bonchev–Trinajstić information content (AvgIpc) is 2.42. The lowest BCUT2D eigenvalue weighted by Gasteiger charge is -2.24. The minimum atomic E-state index is 0.600. The summed E-state index contributed by atoms with van der Waals surface area (Å²) in [6.07, 6.45) is 1.72. The smallest absolute Gasteiger partial charge is 0.150 e. The van der Waals surface area contributed by atoms with E-state index in [-0.39, 0.29) is 0 Å². The fourth-order valence-corrected chi connectivity index (χ4v) is 2.00. The normalized spacial score (nSPS) is 9.83. The zero-order valence-electron chi connectivity index (χ0n) is 10.6. The Labute approximate surface area is 107 Å². The van der Waals surface area contributed by atoms with Crippen LogP contribution in [-0.4, -0.2) is 11.5 Å². The van der Waals surface area contributed by atoms with Gasteiger partial charge < -0.3 is 4.90 Å². The molecule has 0 fully saturated rings.